The molecule has 0 unspecified atom stereocenters. The number of halogens is 2. The van der Waals surface area contributed by atoms with Crippen LogP contribution in [-0.2, 0) is 17.8 Å². The van der Waals surface area contributed by atoms with Gasteiger partial charge in [0.05, 0.1) is 30.1 Å². The molecule has 0 bridgehead atoms. The van der Waals surface area contributed by atoms with E-state index in [2.05, 4.69) is 10.4 Å². The van der Waals surface area contributed by atoms with E-state index in [1.807, 2.05) is 13.1 Å². The van der Waals surface area contributed by atoms with E-state index in [1.165, 1.54) is 12.1 Å². The molecule has 6 nitrogen and oxygen atoms in total. The second-order valence-electron chi connectivity index (χ2n) is 5.17. The van der Waals surface area contributed by atoms with E-state index in [-0.39, 0.29) is 11.1 Å². The Morgan fingerprint density at radius 3 is 2.92 bits per heavy atom. The fraction of sp³-hybridized carbons (Fsp3) is 0.375. The zero-order valence-electron chi connectivity index (χ0n) is 13.6. The summed E-state index contributed by atoms with van der Waals surface area (Å²) in [6.45, 7) is 3.93. The first-order valence-electron chi connectivity index (χ1n) is 7.54. The summed E-state index contributed by atoms with van der Waals surface area (Å²) in [5.41, 5.74) is 1.27. The number of ether oxygens (including phenoxy) is 1. The molecule has 8 heteroatoms. The van der Waals surface area contributed by atoms with Crippen LogP contribution in [0.3, 0.4) is 0 Å². The van der Waals surface area contributed by atoms with Crippen LogP contribution in [0, 0.1) is 5.82 Å². The van der Waals surface area contributed by atoms with Gasteiger partial charge in [-0.1, -0.05) is 11.6 Å². The molecular weight excluding hydrogens is 335 g/mol. The van der Waals surface area contributed by atoms with Gasteiger partial charge >= 0.3 is 6.03 Å². The van der Waals surface area contributed by atoms with Crippen molar-refractivity contribution in [3.05, 3.63) is 47.0 Å². The predicted octanol–water partition coefficient (Wildman–Crippen LogP) is 3.38. The second kappa shape index (κ2) is 8.65. The maximum atomic E-state index is 13.1. The van der Waals surface area contributed by atoms with Crippen molar-refractivity contribution < 1.29 is 13.9 Å². The number of carbonyl (C=O) groups is 1. The van der Waals surface area contributed by atoms with Crippen LogP contribution in [-0.4, -0.2) is 41.0 Å². The predicted molar refractivity (Wildman–Crippen MR) is 90.6 cm³/mol. The summed E-state index contributed by atoms with van der Waals surface area (Å²) in [6, 6.07) is 3.48. The Hall–Kier alpha value is -2.12. The van der Waals surface area contributed by atoms with Crippen molar-refractivity contribution in [2.75, 3.05) is 25.6 Å². The molecule has 0 aliphatic carbocycles. The molecule has 2 aromatic rings. The number of benzene rings is 1. The lowest BCUT2D eigenvalue weighted by Crippen LogP contribution is -2.36. The summed E-state index contributed by atoms with van der Waals surface area (Å²) >= 11 is 5.95. The molecule has 0 spiro atoms. The van der Waals surface area contributed by atoms with Gasteiger partial charge in [-0.25, -0.2) is 9.18 Å². The lowest BCUT2D eigenvalue weighted by atomic mass is 10.3. The second-order valence-corrected chi connectivity index (χ2v) is 5.58. The molecule has 2 amide bonds. The van der Waals surface area contributed by atoms with Gasteiger partial charge in [0.15, 0.2) is 0 Å². The van der Waals surface area contributed by atoms with Gasteiger partial charge in [0.25, 0.3) is 0 Å². The fourth-order valence-corrected chi connectivity index (χ4v) is 2.33. The first-order chi connectivity index (χ1) is 11.5. The Bertz CT molecular complexity index is 692. The summed E-state index contributed by atoms with van der Waals surface area (Å²) in [6.07, 6.45) is 3.61. The maximum Gasteiger partial charge on any atom is 0.322 e. The molecule has 0 fully saturated rings. The number of carbonyl (C=O) groups excluding carboxylic acids is 1. The molecule has 1 aromatic heterocycles. The lowest BCUT2D eigenvalue weighted by Gasteiger charge is -2.22. The highest BCUT2D eigenvalue weighted by atomic mass is 35.5. The van der Waals surface area contributed by atoms with Crippen LogP contribution in [0.5, 0.6) is 0 Å². The average molecular weight is 355 g/mol. The Morgan fingerprint density at radius 2 is 2.29 bits per heavy atom. The molecule has 0 aliphatic heterocycles. The van der Waals surface area contributed by atoms with Gasteiger partial charge in [-0.05, 0) is 25.1 Å². The molecule has 24 heavy (non-hydrogen) atoms. The number of urea groups is 1. The van der Waals surface area contributed by atoms with Crippen LogP contribution >= 0.6 is 11.6 Å². The summed E-state index contributed by atoms with van der Waals surface area (Å²) in [7, 11) is 1.57. The molecule has 0 atom stereocenters. The Kier molecular flexibility index (Phi) is 6.57. The Balaban J connectivity index is 2.09. The number of amides is 2. The monoisotopic (exact) mass is 354 g/mol. The summed E-state index contributed by atoms with van der Waals surface area (Å²) in [4.78, 5) is 14.1. The van der Waals surface area contributed by atoms with Crippen molar-refractivity contribution >= 4 is 23.3 Å². The van der Waals surface area contributed by atoms with Crippen molar-refractivity contribution in [1.82, 2.24) is 14.7 Å². The van der Waals surface area contributed by atoms with Gasteiger partial charge < -0.3 is 15.0 Å². The van der Waals surface area contributed by atoms with Crippen LogP contribution in [0.25, 0.3) is 0 Å². The van der Waals surface area contributed by atoms with Gasteiger partial charge in [-0.2, -0.15) is 5.10 Å². The maximum absolute atomic E-state index is 13.1. The number of rotatable bonds is 7. The van der Waals surface area contributed by atoms with Gasteiger partial charge in [0.1, 0.15) is 5.82 Å². The van der Waals surface area contributed by atoms with Crippen molar-refractivity contribution in [3.63, 3.8) is 0 Å². The first-order valence-corrected chi connectivity index (χ1v) is 7.92. The third kappa shape index (κ3) is 4.94. The first kappa shape index (κ1) is 18.2. The van der Waals surface area contributed by atoms with Crippen molar-refractivity contribution in [2.24, 2.45) is 0 Å². The Morgan fingerprint density at radius 1 is 1.50 bits per heavy atom. The van der Waals surface area contributed by atoms with E-state index in [0.29, 0.717) is 25.4 Å². The third-order valence-corrected chi connectivity index (χ3v) is 3.72. The van der Waals surface area contributed by atoms with Gasteiger partial charge in [-0.3, -0.25) is 4.68 Å². The zero-order chi connectivity index (χ0) is 17.5. The van der Waals surface area contributed by atoms with Crippen molar-refractivity contribution in [3.8, 4) is 0 Å². The Labute approximate surface area is 145 Å². The van der Waals surface area contributed by atoms with Crippen LogP contribution < -0.4 is 5.32 Å². The van der Waals surface area contributed by atoms with E-state index in [4.69, 9.17) is 16.3 Å². The van der Waals surface area contributed by atoms with E-state index in [9.17, 15) is 9.18 Å². The fourth-order valence-electron chi connectivity index (χ4n) is 2.12. The van der Waals surface area contributed by atoms with Crippen molar-refractivity contribution in [2.45, 2.75) is 20.0 Å². The average Bonchev–Trinajstić information content (AvgIpc) is 3.01. The number of hydrogen-bond donors (Lipinski definition) is 1. The largest absolute Gasteiger partial charge is 0.383 e. The number of anilines is 1. The van der Waals surface area contributed by atoms with Gasteiger partial charge in [0, 0.05) is 32.0 Å². The van der Waals surface area contributed by atoms with E-state index in [1.54, 1.807) is 22.9 Å². The van der Waals surface area contributed by atoms with Gasteiger partial charge in [0.2, 0.25) is 0 Å². The molecule has 2 rings (SSSR count). The van der Waals surface area contributed by atoms with Crippen LogP contribution in [0.1, 0.15) is 12.5 Å². The van der Waals surface area contributed by atoms with E-state index >= 15 is 0 Å². The highest BCUT2D eigenvalue weighted by Gasteiger charge is 2.16. The highest BCUT2D eigenvalue weighted by molar-refractivity contribution is 6.33. The summed E-state index contributed by atoms with van der Waals surface area (Å²) in [5.74, 6) is -0.457. The van der Waals surface area contributed by atoms with Crippen LogP contribution in [0.2, 0.25) is 5.02 Å². The van der Waals surface area contributed by atoms with Crippen LogP contribution in [0.15, 0.2) is 30.6 Å². The number of aromatic nitrogens is 2. The molecule has 0 aliphatic rings. The van der Waals surface area contributed by atoms with E-state index in [0.717, 1.165) is 18.2 Å². The van der Waals surface area contributed by atoms with Crippen LogP contribution in [0.4, 0.5) is 14.9 Å². The zero-order valence-corrected chi connectivity index (χ0v) is 14.4. The minimum atomic E-state index is -0.457. The summed E-state index contributed by atoms with van der Waals surface area (Å²) in [5, 5.41) is 7.04. The molecule has 0 saturated carbocycles. The number of methoxy groups -OCH3 is 1. The number of nitrogens with one attached hydrogen (secondary N) is 1. The molecule has 0 saturated heterocycles. The third-order valence-electron chi connectivity index (χ3n) is 3.41. The number of nitrogens with zero attached hydrogens (tertiary/aromatic N) is 3. The summed E-state index contributed by atoms with van der Waals surface area (Å²) < 4.78 is 19.9. The number of aryl methyl sites for hydroxylation is 1. The smallest absolute Gasteiger partial charge is 0.322 e. The SMILES string of the molecule is CCn1cc(CN(CCOC)C(=O)Nc2ccc(F)cc2Cl)cn1. The molecular formula is C16H20ClFN4O2. The standard InChI is InChI=1S/C16H20ClFN4O2/c1-3-22-11-12(9-19-22)10-21(6-7-24-2)16(23)20-15-5-4-13(18)8-14(15)17/h4-5,8-9,11H,3,6-7,10H2,1-2H3,(H,20,23). The highest BCUT2D eigenvalue weighted by Crippen LogP contribution is 2.23. The minimum Gasteiger partial charge on any atom is -0.383 e. The quantitative estimate of drug-likeness (QED) is 0.829. The molecule has 1 aromatic carbocycles. The molecule has 0 radical (unpaired) electrons. The van der Waals surface area contributed by atoms with E-state index < -0.39 is 5.82 Å². The van der Waals surface area contributed by atoms with Crippen molar-refractivity contribution in [1.29, 1.82) is 0 Å². The molecule has 1 heterocycles. The topological polar surface area (TPSA) is 59.4 Å². The minimum absolute atomic E-state index is 0.147. The van der Waals surface area contributed by atoms with Gasteiger partial charge in [-0.15, -0.1) is 0 Å². The number of hydrogen-bond acceptors (Lipinski definition) is 3. The lowest BCUT2D eigenvalue weighted by molar-refractivity contribution is 0.153. The molecule has 130 valence electrons. The molecule has 1 N–H and O–H groups in total. The normalized spacial score (nSPS) is 10.7.